The van der Waals surface area contributed by atoms with Crippen LogP contribution in [0.1, 0.15) is 39.0 Å². The molecule has 106 valence electrons. The Hall–Kier alpha value is -1.16. The molecule has 19 heavy (non-hydrogen) atoms. The van der Waals surface area contributed by atoms with Crippen molar-refractivity contribution in [2.75, 3.05) is 13.2 Å². The number of hydrogen-bond donors (Lipinski definition) is 1. The lowest BCUT2D eigenvalue weighted by Gasteiger charge is -2.08. The van der Waals surface area contributed by atoms with Gasteiger partial charge in [-0.15, -0.1) is 12.6 Å². The van der Waals surface area contributed by atoms with Gasteiger partial charge >= 0.3 is 5.97 Å². The molecule has 0 N–H and O–H groups in total. The molecule has 3 nitrogen and oxygen atoms in total. The van der Waals surface area contributed by atoms with Crippen LogP contribution in [-0.4, -0.2) is 19.2 Å². The molecule has 0 aromatic heterocycles. The molecule has 0 radical (unpaired) electrons. The molecule has 0 unspecified atom stereocenters. The van der Waals surface area contributed by atoms with Crippen LogP contribution in [0.3, 0.4) is 0 Å². The Bertz CT molecular complexity index is 379. The van der Waals surface area contributed by atoms with Crippen molar-refractivity contribution in [1.29, 1.82) is 0 Å². The van der Waals surface area contributed by atoms with Crippen LogP contribution in [0.15, 0.2) is 29.2 Å². The van der Waals surface area contributed by atoms with Gasteiger partial charge in [-0.3, -0.25) is 4.79 Å². The monoisotopic (exact) mass is 282 g/mol. The van der Waals surface area contributed by atoms with Crippen LogP contribution >= 0.6 is 12.6 Å². The second kappa shape index (κ2) is 9.73. The smallest absolute Gasteiger partial charge is 0.305 e. The van der Waals surface area contributed by atoms with E-state index in [4.69, 9.17) is 9.47 Å². The minimum atomic E-state index is -0.0947. The van der Waals surface area contributed by atoms with E-state index in [2.05, 4.69) is 12.6 Å². The predicted octanol–water partition coefficient (Wildman–Crippen LogP) is 3.87. The van der Waals surface area contributed by atoms with Gasteiger partial charge in [0.25, 0.3) is 0 Å². The maximum absolute atomic E-state index is 11.1. The maximum Gasteiger partial charge on any atom is 0.305 e. The van der Waals surface area contributed by atoms with Crippen LogP contribution in [0.5, 0.6) is 5.75 Å². The van der Waals surface area contributed by atoms with Crippen LogP contribution in [0.4, 0.5) is 0 Å². The maximum atomic E-state index is 11.1. The van der Waals surface area contributed by atoms with Crippen molar-refractivity contribution in [3.63, 3.8) is 0 Å². The van der Waals surface area contributed by atoms with E-state index in [1.807, 2.05) is 31.2 Å². The fourth-order valence-corrected chi connectivity index (χ4v) is 1.94. The average Bonchev–Trinajstić information content (AvgIpc) is 2.40. The third kappa shape index (κ3) is 7.11. The summed E-state index contributed by atoms with van der Waals surface area (Å²) in [5, 5.41) is 0. The first-order valence-corrected chi connectivity index (χ1v) is 7.25. The number of esters is 1. The van der Waals surface area contributed by atoms with Gasteiger partial charge in [0.1, 0.15) is 5.75 Å². The largest absolute Gasteiger partial charge is 0.492 e. The van der Waals surface area contributed by atoms with Crippen molar-refractivity contribution in [3.05, 3.63) is 24.3 Å². The van der Waals surface area contributed by atoms with E-state index in [-0.39, 0.29) is 5.97 Å². The number of ether oxygens (including phenoxy) is 2. The fraction of sp³-hybridized carbons (Fsp3) is 0.533. The van der Waals surface area contributed by atoms with E-state index in [1.165, 1.54) is 0 Å². The quantitative estimate of drug-likeness (QED) is 0.424. The zero-order valence-electron chi connectivity index (χ0n) is 11.4. The van der Waals surface area contributed by atoms with Gasteiger partial charge in [-0.1, -0.05) is 25.0 Å². The van der Waals surface area contributed by atoms with Gasteiger partial charge in [0.05, 0.1) is 13.2 Å². The molecule has 0 aliphatic heterocycles. The SMILES string of the molecule is CCOC(=O)CCCCCCOc1ccccc1S. The summed E-state index contributed by atoms with van der Waals surface area (Å²) in [5.74, 6) is 0.736. The molecular formula is C15H22O3S. The molecule has 1 aromatic rings. The average molecular weight is 282 g/mol. The van der Waals surface area contributed by atoms with E-state index in [0.29, 0.717) is 19.6 Å². The van der Waals surface area contributed by atoms with E-state index in [1.54, 1.807) is 0 Å². The molecule has 0 aliphatic rings. The van der Waals surface area contributed by atoms with Crippen LogP contribution in [-0.2, 0) is 9.53 Å². The van der Waals surface area contributed by atoms with E-state index >= 15 is 0 Å². The number of carbonyl (C=O) groups excluding carboxylic acids is 1. The minimum Gasteiger partial charge on any atom is -0.492 e. The minimum absolute atomic E-state index is 0.0947. The number of hydrogen-bond acceptors (Lipinski definition) is 4. The molecule has 0 bridgehead atoms. The highest BCUT2D eigenvalue weighted by Gasteiger charge is 2.01. The van der Waals surface area contributed by atoms with Crippen LogP contribution < -0.4 is 4.74 Å². The van der Waals surface area contributed by atoms with Crippen molar-refractivity contribution in [3.8, 4) is 5.75 Å². The Morgan fingerprint density at radius 2 is 1.89 bits per heavy atom. The Balaban J connectivity index is 2.00. The highest BCUT2D eigenvalue weighted by Crippen LogP contribution is 2.21. The number of unbranched alkanes of at least 4 members (excludes halogenated alkanes) is 3. The molecule has 0 spiro atoms. The van der Waals surface area contributed by atoms with Crippen molar-refractivity contribution < 1.29 is 14.3 Å². The molecule has 0 atom stereocenters. The molecule has 1 rings (SSSR count). The number of carbonyl (C=O) groups is 1. The zero-order valence-corrected chi connectivity index (χ0v) is 12.3. The molecule has 0 aliphatic carbocycles. The molecular weight excluding hydrogens is 260 g/mol. The number of rotatable bonds is 9. The third-order valence-corrected chi connectivity index (χ3v) is 3.07. The first kappa shape index (κ1) is 15.9. The van der Waals surface area contributed by atoms with Gasteiger partial charge in [0.15, 0.2) is 0 Å². The van der Waals surface area contributed by atoms with E-state index in [9.17, 15) is 4.79 Å². The van der Waals surface area contributed by atoms with Crippen molar-refractivity contribution in [2.24, 2.45) is 0 Å². The zero-order chi connectivity index (χ0) is 13.9. The lowest BCUT2D eigenvalue weighted by Crippen LogP contribution is -2.03. The van der Waals surface area contributed by atoms with Crippen molar-refractivity contribution in [1.82, 2.24) is 0 Å². The van der Waals surface area contributed by atoms with Crippen LogP contribution in [0.25, 0.3) is 0 Å². The summed E-state index contributed by atoms with van der Waals surface area (Å²) < 4.78 is 10.5. The third-order valence-electron chi connectivity index (χ3n) is 2.70. The summed E-state index contributed by atoms with van der Waals surface area (Å²) in [6, 6.07) is 7.71. The van der Waals surface area contributed by atoms with Gasteiger partial charge in [0.2, 0.25) is 0 Å². The van der Waals surface area contributed by atoms with Gasteiger partial charge in [-0.2, -0.15) is 0 Å². The predicted molar refractivity (Wildman–Crippen MR) is 78.9 cm³/mol. The summed E-state index contributed by atoms with van der Waals surface area (Å²) in [7, 11) is 0. The standard InChI is InChI=1S/C15H22O3S/c1-2-17-15(16)11-5-3-4-8-12-18-13-9-6-7-10-14(13)19/h6-7,9-10,19H,2-5,8,11-12H2,1H3. The first-order chi connectivity index (χ1) is 9.24. The highest BCUT2D eigenvalue weighted by atomic mass is 32.1. The van der Waals surface area contributed by atoms with E-state index in [0.717, 1.165) is 36.3 Å². The molecule has 1 aromatic carbocycles. The summed E-state index contributed by atoms with van der Waals surface area (Å²) in [6.07, 6.45) is 4.50. The summed E-state index contributed by atoms with van der Waals surface area (Å²) >= 11 is 4.32. The van der Waals surface area contributed by atoms with Crippen LogP contribution in [0.2, 0.25) is 0 Å². The lowest BCUT2D eigenvalue weighted by atomic mass is 10.1. The Kier molecular flexibility index (Phi) is 8.14. The van der Waals surface area contributed by atoms with E-state index < -0.39 is 0 Å². The fourth-order valence-electron chi connectivity index (χ4n) is 1.72. The molecule has 0 saturated carbocycles. The molecule has 0 heterocycles. The second-order valence-corrected chi connectivity index (χ2v) is 4.77. The topological polar surface area (TPSA) is 35.5 Å². The van der Waals surface area contributed by atoms with Gasteiger partial charge in [0, 0.05) is 11.3 Å². The molecule has 0 fully saturated rings. The van der Waals surface area contributed by atoms with Crippen molar-refractivity contribution in [2.45, 2.75) is 43.9 Å². The first-order valence-electron chi connectivity index (χ1n) is 6.80. The Morgan fingerprint density at radius 3 is 2.63 bits per heavy atom. The van der Waals surface area contributed by atoms with Crippen LogP contribution in [0, 0.1) is 0 Å². The van der Waals surface area contributed by atoms with Gasteiger partial charge in [-0.25, -0.2) is 0 Å². The number of thiol groups is 1. The Labute approximate surface area is 120 Å². The highest BCUT2D eigenvalue weighted by molar-refractivity contribution is 7.80. The normalized spacial score (nSPS) is 10.2. The molecule has 0 saturated heterocycles. The molecule has 4 heteroatoms. The summed E-state index contributed by atoms with van der Waals surface area (Å²) in [6.45, 7) is 2.99. The number of benzene rings is 1. The Morgan fingerprint density at radius 1 is 1.16 bits per heavy atom. The number of para-hydroxylation sites is 1. The van der Waals surface area contributed by atoms with Gasteiger partial charge < -0.3 is 9.47 Å². The molecule has 0 amide bonds. The summed E-state index contributed by atoms with van der Waals surface area (Å²) in [5.41, 5.74) is 0. The lowest BCUT2D eigenvalue weighted by molar-refractivity contribution is -0.143. The van der Waals surface area contributed by atoms with Crippen molar-refractivity contribution >= 4 is 18.6 Å². The van der Waals surface area contributed by atoms with Gasteiger partial charge in [-0.05, 0) is 31.9 Å². The summed E-state index contributed by atoms with van der Waals surface area (Å²) in [4.78, 5) is 12.0. The second-order valence-electron chi connectivity index (χ2n) is 4.29.